The van der Waals surface area contributed by atoms with E-state index < -0.39 is 0 Å². The van der Waals surface area contributed by atoms with E-state index in [4.69, 9.17) is 16.9 Å². The van der Waals surface area contributed by atoms with Crippen LogP contribution in [-0.4, -0.2) is 5.78 Å². The van der Waals surface area contributed by atoms with Gasteiger partial charge in [-0.1, -0.05) is 30.7 Å². The molecular weight excluding hydrogens is 210 g/mol. The zero-order valence-corrected chi connectivity index (χ0v) is 9.29. The molecule has 0 bridgehead atoms. The number of rotatable bonds is 4. The fourth-order valence-corrected chi connectivity index (χ4v) is 1.67. The van der Waals surface area contributed by atoms with E-state index in [2.05, 4.69) is 0 Å². The van der Waals surface area contributed by atoms with Crippen molar-refractivity contribution in [2.24, 2.45) is 0 Å². The Morgan fingerprint density at radius 2 is 2.07 bits per heavy atom. The lowest BCUT2D eigenvalue weighted by atomic mass is 9.91. The maximum Gasteiger partial charge on any atom is 0.154 e. The lowest BCUT2D eigenvalue weighted by molar-refractivity contribution is -0.119. The van der Waals surface area contributed by atoms with Gasteiger partial charge >= 0.3 is 0 Å². The van der Waals surface area contributed by atoms with E-state index >= 15 is 0 Å². The molecule has 0 heterocycles. The summed E-state index contributed by atoms with van der Waals surface area (Å²) in [6.07, 6.45) is 0.684. The van der Waals surface area contributed by atoms with Gasteiger partial charge < -0.3 is 0 Å². The van der Waals surface area contributed by atoms with Crippen molar-refractivity contribution in [3.05, 3.63) is 34.9 Å². The summed E-state index contributed by atoms with van der Waals surface area (Å²) in [6, 6.07) is 9.09. The molecule has 1 atom stereocenters. The summed E-state index contributed by atoms with van der Waals surface area (Å²) in [6.45, 7) is 1.94. The summed E-state index contributed by atoms with van der Waals surface area (Å²) in [5.41, 5.74) is 0.933. The molecule has 15 heavy (non-hydrogen) atoms. The Morgan fingerprint density at radius 1 is 1.47 bits per heavy atom. The molecule has 0 fully saturated rings. The largest absolute Gasteiger partial charge is 0.298 e. The number of nitrogens with zero attached hydrogens (tertiary/aromatic N) is 1. The van der Waals surface area contributed by atoms with Crippen molar-refractivity contribution in [3.8, 4) is 6.07 Å². The minimum atomic E-state index is -0.179. The third kappa shape index (κ3) is 3.07. The summed E-state index contributed by atoms with van der Waals surface area (Å²) in [5.74, 6) is -0.204. The Labute approximate surface area is 94.5 Å². The number of nitriles is 1. The fourth-order valence-electron chi connectivity index (χ4n) is 1.55. The van der Waals surface area contributed by atoms with E-state index in [0.717, 1.165) is 5.56 Å². The number of hydrogen-bond acceptors (Lipinski definition) is 2. The Bertz CT molecular complexity index is 378. The normalized spacial score (nSPS) is 11.8. The van der Waals surface area contributed by atoms with Crippen molar-refractivity contribution in [3.63, 3.8) is 0 Å². The predicted molar refractivity (Wildman–Crippen MR) is 59.7 cm³/mol. The lowest BCUT2D eigenvalue weighted by Gasteiger charge is -2.12. The molecule has 78 valence electrons. The van der Waals surface area contributed by atoms with Crippen LogP contribution >= 0.6 is 11.6 Å². The number of benzene rings is 1. The van der Waals surface area contributed by atoms with Crippen LogP contribution in [-0.2, 0) is 4.79 Å². The quantitative estimate of drug-likeness (QED) is 0.783. The number of ketones is 1. The van der Waals surface area contributed by atoms with Crippen molar-refractivity contribution in [2.75, 3.05) is 0 Å². The van der Waals surface area contributed by atoms with Gasteiger partial charge in [-0.25, -0.2) is 0 Å². The summed E-state index contributed by atoms with van der Waals surface area (Å²) >= 11 is 5.76. The van der Waals surface area contributed by atoms with Gasteiger partial charge in [0, 0.05) is 10.9 Å². The SMILES string of the molecule is CCC(C(=O)CC#N)c1ccc(Cl)cc1. The first-order valence-corrected chi connectivity index (χ1v) is 5.22. The highest BCUT2D eigenvalue weighted by molar-refractivity contribution is 6.30. The van der Waals surface area contributed by atoms with Crippen LogP contribution in [0, 0.1) is 11.3 Å². The molecule has 0 amide bonds. The Hall–Kier alpha value is -1.33. The molecule has 1 rings (SSSR count). The smallest absolute Gasteiger partial charge is 0.154 e. The third-order valence-electron chi connectivity index (χ3n) is 2.32. The molecule has 0 aliphatic heterocycles. The van der Waals surface area contributed by atoms with Crippen molar-refractivity contribution in [2.45, 2.75) is 25.7 Å². The maximum absolute atomic E-state index is 11.6. The van der Waals surface area contributed by atoms with Gasteiger partial charge in [0.25, 0.3) is 0 Å². The van der Waals surface area contributed by atoms with Gasteiger partial charge in [-0.3, -0.25) is 4.79 Å². The first kappa shape index (κ1) is 11.7. The molecule has 0 aromatic heterocycles. The Kier molecular flexibility index (Phi) is 4.33. The maximum atomic E-state index is 11.6. The zero-order chi connectivity index (χ0) is 11.3. The molecule has 0 aliphatic rings. The number of halogens is 1. The van der Waals surface area contributed by atoms with Crippen LogP contribution < -0.4 is 0 Å². The molecule has 3 heteroatoms. The van der Waals surface area contributed by atoms with Crippen molar-refractivity contribution >= 4 is 17.4 Å². The molecule has 0 aliphatic carbocycles. The van der Waals surface area contributed by atoms with E-state index in [-0.39, 0.29) is 18.1 Å². The fraction of sp³-hybridized carbons (Fsp3) is 0.333. The topological polar surface area (TPSA) is 40.9 Å². The summed E-state index contributed by atoms with van der Waals surface area (Å²) < 4.78 is 0. The zero-order valence-electron chi connectivity index (χ0n) is 8.53. The van der Waals surface area contributed by atoms with E-state index in [9.17, 15) is 4.79 Å². The van der Waals surface area contributed by atoms with Gasteiger partial charge in [0.1, 0.15) is 0 Å². The standard InChI is InChI=1S/C12H12ClNO/c1-2-11(12(15)7-8-14)9-3-5-10(13)6-4-9/h3-6,11H,2,7H2,1H3. The predicted octanol–water partition coefficient (Wildman–Crippen LogP) is 3.32. The minimum absolute atomic E-state index is 0.0256. The highest BCUT2D eigenvalue weighted by atomic mass is 35.5. The van der Waals surface area contributed by atoms with Crippen molar-refractivity contribution < 1.29 is 4.79 Å². The van der Waals surface area contributed by atoms with Gasteiger partial charge in [0.2, 0.25) is 0 Å². The van der Waals surface area contributed by atoms with Crippen LogP contribution in [0.1, 0.15) is 31.2 Å². The van der Waals surface area contributed by atoms with Gasteiger partial charge in [0.05, 0.1) is 12.5 Å². The number of carbonyl (C=O) groups excluding carboxylic acids is 1. The first-order chi connectivity index (χ1) is 7.19. The lowest BCUT2D eigenvalue weighted by Crippen LogP contribution is -2.10. The van der Waals surface area contributed by atoms with E-state index in [1.807, 2.05) is 25.1 Å². The third-order valence-corrected chi connectivity index (χ3v) is 2.57. The summed E-state index contributed by atoms with van der Waals surface area (Å²) in [5, 5.41) is 9.13. The summed E-state index contributed by atoms with van der Waals surface area (Å²) in [4.78, 5) is 11.6. The monoisotopic (exact) mass is 221 g/mol. The van der Waals surface area contributed by atoms with Crippen LogP contribution in [0.4, 0.5) is 0 Å². The van der Waals surface area contributed by atoms with Crippen LogP contribution in [0.2, 0.25) is 5.02 Å². The van der Waals surface area contributed by atoms with Crippen molar-refractivity contribution in [1.29, 1.82) is 5.26 Å². The van der Waals surface area contributed by atoms with Crippen LogP contribution in [0.5, 0.6) is 0 Å². The van der Waals surface area contributed by atoms with E-state index in [1.54, 1.807) is 12.1 Å². The minimum Gasteiger partial charge on any atom is -0.298 e. The van der Waals surface area contributed by atoms with E-state index in [1.165, 1.54) is 0 Å². The van der Waals surface area contributed by atoms with Gasteiger partial charge in [0.15, 0.2) is 5.78 Å². The van der Waals surface area contributed by atoms with Crippen LogP contribution in [0.3, 0.4) is 0 Å². The first-order valence-electron chi connectivity index (χ1n) is 4.84. The molecule has 1 aromatic carbocycles. The van der Waals surface area contributed by atoms with Crippen LogP contribution in [0.15, 0.2) is 24.3 Å². The highest BCUT2D eigenvalue weighted by Gasteiger charge is 2.17. The molecule has 0 N–H and O–H groups in total. The molecule has 0 saturated carbocycles. The van der Waals surface area contributed by atoms with Gasteiger partial charge in [-0.15, -0.1) is 0 Å². The highest BCUT2D eigenvalue weighted by Crippen LogP contribution is 2.23. The molecule has 0 spiro atoms. The molecule has 0 saturated heterocycles. The number of carbonyl (C=O) groups is 1. The summed E-state index contributed by atoms with van der Waals surface area (Å²) in [7, 11) is 0. The number of Topliss-reactive ketones (excluding diaryl/α,β-unsaturated/α-hetero) is 1. The Morgan fingerprint density at radius 3 is 2.53 bits per heavy atom. The van der Waals surface area contributed by atoms with Crippen molar-refractivity contribution in [1.82, 2.24) is 0 Å². The second-order valence-corrected chi connectivity index (χ2v) is 3.75. The second kappa shape index (κ2) is 5.53. The molecule has 1 aromatic rings. The molecule has 2 nitrogen and oxygen atoms in total. The molecule has 1 unspecified atom stereocenters. The molecular formula is C12H12ClNO. The van der Waals surface area contributed by atoms with E-state index in [0.29, 0.717) is 11.4 Å². The second-order valence-electron chi connectivity index (χ2n) is 3.31. The molecule has 0 radical (unpaired) electrons. The van der Waals surface area contributed by atoms with Crippen LogP contribution in [0.25, 0.3) is 0 Å². The number of hydrogen-bond donors (Lipinski definition) is 0. The average molecular weight is 222 g/mol. The average Bonchev–Trinajstić information content (AvgIpc) is 2.22. The van der Waals surface area contributed by atoms with Gasteiger partial charge in [-0.05, 0) is 24.1 Å². The van der Waals surface area contributed by atoms with Gasteiger partial charge in [-0.2, -0.15) is 5.26 Å². The Balaban J connectivity index is 2.88.